The highest BCUT2D eigenvalue weighted by molar-refractivity contribution is 6.03. The summed E-state index contributed by atoms with van der Waals surface area (Å²) in [6, 6.07) is 15.3. The lowest BCUT2D eigenvalue weighted by atomic mass is 10.2. The van der Waals surface area contributed by atoms with Gasteiger partial charge < -0.3 is 20.1 Å². The van der Waals surface area contributed by atoms with Crippen molar-refractivity contribution in [2.45, 2.75) is 6.92 Å². The largest absolute Gasteiger partial charge is 0.497 e. The van der Waals surface area contributed by atoms with E-state index in [0.717, 1.165) is 0 Å². The zero-order chi connectivity index (χ0) is 20.8. The summed E-state index contributed by atoms with van der Waals surface area (Å²) in [6.07, 6.45) is 0. The van der Waals surface area contributed by atoms with E-state index < -0.39 is 5.97 Å². The normalized spacial score (nSPS) is 10.2. The van der Waals surface area contributed by atoms with Gasteiger partial charge in [0.05, 0.1) is 19.8 Å². The third kappa shape index (κ3) is 5.07. The van der Waals surface area contributed by atoms with Gasteiger partial charge in [-0.3, -0.25) is 4.79 Å². The summed E-state index contributed by atoms with van der Waals surface area (Å²) in [4.78, 5) is 32.9. The van der Waals surface area contributed by atoms with Crippen molar-refractivity contribution < 1.29 is 19.1 Å². The Hall–Kier alpha value is -3.94. The van der Waals surface area contributed by atoms with Gasteiger partial charge in [-0.15, -0.1) is 0 Å². The molecule has 0 radical (unpaired) electrons. The summed E-state index contributed by atoms with van der Waals surface area (Å²) >= 11 is 0. The lowest BCUT2D eigenvalue weighted by Gasteiger charge is -2.10. The summed E-state index contributed by atoms with van der Waals surface area (Å²) in [6.45, 7) is 1.77. The minimum atomic E-state index is -0.446. The van der Waals surface area contributed by atoms with Gasteiger partial charge in [-0.25, -0.2) is 14.8 Å². The first kappa shape index (κ1) is 19.8. The maximum atomic E-state index is 12.6. The lowest BCUT2D eigenvalue weighted by Crippen LogP contribution is -2.15. The first-order chi connectivity index (χ1) is 14.0. The molecule has 2 aromatic carbocycles. The SMILES string of the molecule is COC(=O)c1cccc(Nc2nc(C)cc(C(=O)Nc3ccc(OC)cc3)n2)c1. The fraction of sp³-hybridized carbons (Fsp3) is 0.143. The van der Waals surface area contributed by atoms with E-state index >= 15 is 0 Å². The maximum absolute atomic E-state index is 12.6. The molecule has 1 heterocycles. The van der Waals surface area contributed by atoms with E-state index in [0.29, 0.717) is 28.4 Å². The second kappa shape index (κ2) is 8.83. The van der Waals surface area contributed by atoms with Crippen LogP contribution in [0.5, 0.6) is 5.75 Å². The van der Waals surface area contributed by atoms with Crippen molar-refractivity contribution in [3.8, 4) is 5.75 Å². The number of benzene rings is 2. The van der Waals surface area contributed by atoms with Crippen molar-refractivity contribution in [3.05, 3.63) is 71.5 Å². The minimum absolute atomic E-state index is 0.208. The molecule has 29 heavy (non-hydrogen) atoms. The van der Waals surface area contributed by atoms with Crippen molar-refractivity contribution in [3.63, 3.8) is 0 Å². The summed E-state index contributed by atoms with van der Waals surface area (Å²) in [7, 11) is 2.90. The van der Waals surface area contributed by atoms with Gasteiger partial charge in [0.2, 0.25) is 5.95 Å². The predicted octanol–water partition coefficient (Wildman–Crippen LogP) is 3.58. The number of ether oxygens (including phenoxy) is 2. The Kier molecular flexibility index (Phi) is 6.03. The number of anilines is 3. The van der Waals surface area contributed by atoms with E-state index in [4.69, 9.17) is 9.47 Å². The number of nitrogens with one attached hydrogen (secondary N) is 2. The highest BCUT2D eigenvalue weighted by atomic mass is 16.5. The van der Waals surface area contributed by atoms with E-state index in [1.165, 1.54) is 7.11 Å². The number of hydrogen-bond donors (Lipinski definition) is 2. The van der Waals surface area contributed by atoms with Crippen LogP contribution in [-0.2, 0) is 4.74 Å². The van der Waals surface area contributed by atoms with Crippen molar-refractivity contribution in [2.24, 2.45) is 0 Å². The third-order valence-corrected chi connectivity index (χ3v) is 3.97. The number of aromatic nitrogens is 2. The highest BCUT2D eigenvalue weighted by Gasteiger charge is 2.12. The zero-order valence-electron chi connectivity index (χ0n) is 16.2. The van der Waals surface area contributed by atoms with Crippen LogP contribution in [0.2, 0.25) is 0 Å². The molecule has 0 aliphatic rings. The van der Waals surface area contributed by atoms with Crippen LogP contribution in [0.4, 0.5) is 17.3 Å². The van der Waals surface area contributed by atoms with Crippen molar-refractivity contribution in [1.29, 1.82) is 0 Å². The molecule has 0 unspecified atom stereocenters. The number of rotatable bonds is 6. The van der Waals surface area contributed by atoms with Crippen LogP contribution in [0.15, 0.2) is 54.6 Å². The first-order valence-electron chi connectivity index (χ1n) is 8.75. The molecule has 0 saturated carbocycles. The summed E-state index contributed by atoms with van der Waals surface area (Å²) in [5.74, 6) is 0.124. The molecular formula is C21H20N4O4. The lowest BCUT2D eigenvalue weighted by molar-refractivity contribution is 0.0600. The van der Waals surface area contributed by atoms with E-state index in [-0.39, 0.29) is 17.5 Å². The topological polar surface area (TPSA) is 102 Å². The van der Waals surface area contributed by atoms with E-state index in [2.05, 4.69) is 20.6 Å². The summed E-state index contributed by atoms with van der Waals surface area (Å²) < 4.78 is 9.83. The van der Waals surface area contributed by atoms with Crippen LogP contribution in [0.25, 0.3) is 0 Å². The summed E-state index contributed by atoms with van der Waals surface area (Å²) in [5, 5.41) is 5.80. The zero-order valence-corrected chi connectivity index (χ0v) is 16.2. The number of nitrogens with zero attached hydrogens (tertiary/aromatic N) is 2. The van der Waals surface area contributed by atoms with Gasteiger partial charge in [-0.1, -0.05) is 6.07 Å². The number of aryl methyl sites for hydroxylation is 1. The predicted molar refractivity (Wildman–Crippen MR) is 109 cm³/mol. The molecule has 0 atom stereocenters. The minimum Gasteiger partial charge on any atom is -0.497 e. The Morgan fingerprint density at radius 3 is 2.38 bits per heavy atom. The van der Waals surface area contributed by atoms with Crippen LogP contribution in [-0.4, -0.2) is 36.1 Å². The fourth-order valence-corrected chi connectivity index (χ4v) is 2.58. The van der Waals surface area contributed by atoms with Crippen molar-refractivity contribution in [2.75, 3.05) is 24.9 Å². The van der Waals surface area contributed by atoms with Crippen LogP contribution in [0.3, 0.4) is 0 Å². The molecule has 0 bridgehead atoms. The van der Waals surface area contributed by atoms with Gasteiger partial charge in [0.15, 0.2) is 0 Å². The van der Waals surface area contributed by atoms with Crippen molar-refractivity contribution in [1.82, 2.24) is 9.97 Å². The highest BCUT2D eigenvalue weighted by Crippen LogP contribution is 2.18. The smallest absolute Gasteiger partial charge is 0.337 e. The Balaban J connectivity index is 1.78. The van der Waals surface area contributed by atoms with Crippen LogP contribution in [0.1, 0.15) is 26.5 Å². The Bertz CT molecular complexity index is 1040. The van der Waals surface area contributed by atoms with Crippen LogP contribution < -0.4 is 15.4 Å². The number of esters is 1. The molecule has 8 nitrogen and oxygen atoms in total. The molecule has 0 spiro atoms. The Morgan fingerprint density at radius 2 is 1.69 bits per heavy atom. The molecular weight excluding hydrogens is 372 g/mol. The second-order valence-corrected chi connectivity index (χ2v) is 6.10. The molecule has 0 aliphatic carbocycles. The van der Waals surface area contributed by atoms with Gasteiger partial charge >= 0.3 is 5.97 Å². The van der Waals surface area contributed by atoms with Crippen LogP contribution >= 0.6 is 0 Å². The van der Waals surface area contributed by atoms with E-state index in [9.17, 15) is 9.59 Å². The molecule has 148 valence electrons. The Labute approximate surface area is 167 Å². The molecule has 8 heteroatoms. The Morgan fingerprint density at radius 1 is 0.931 bits per heavy atom. The van der Waals surface area contributed by atoms with Crippen LogP contribution in [0, 0.1) is 6.92 Å². The quantitative estimate of drug-likeness (QED) is 0.618. The molecule has 1 amide bonds. The fourth-order valence-electron chi connectivity index (χ4n) is 2.58. The number of carbonyl (C=O) groups is 2. The van der Waals surface area contributed by atoms with Gasteiger partial charge in [-0.05, 0) is 55.5 Å². The monoisotopic (exact) mass is 392 g/mol. The van der Waals surface area contributed by atoms with E-state index in [1.54, 1.807) is 68.6 Å². The number of carbonyl (C=O) groups excluding carboxylic acids is 2. The second-order valence-electron chi connectivity index (χ2n) is 6.10. The molecule has 3 aromatic rings. The van der Waals surface area contributed by atoms with Gasteiger partial charge in [0.1, 0.15) is 11.4 Å². The number of amides is 1. The molecule has 3 rings (SSSR count). The molecule has 2 N–H and O–H groups in total. The molecule has 0 saturated heterocycles. The average molecular weight is 392 g/mol. The van der Waals surface area contributed by atoms with Gasteiger partial charge in [0, 0.05) is 17.1 Å². The van der Waals surface area contributed by atoms with Crippen molar-refractivity contribution >= 4 is 29.2 Å². The number of methoxy groups -OCH3 is 2. The van der Waals surface area contributed by atoms with Gasteiger partial charge in [-0.2, -0.15) is 0 Å². The standard InChI is InChI=1S/C21H20N4O4/c1-13-11-18(19(26)23-15-7-9-17(28-2)10-8-15)25-21(22-13)24-16-6-4-5-14(12-16)20(27)29-3/h4-12H,1-3H3,(H,23,26)(H,22,24,25). The summed E-state index contributed by atoms with van der Waals surface area (Å²) in [5.41, 5.74) is 2.43. The van der Waals surface area contributed by atoms with E-state index in [1.807, 2.05) is 0 Å². The average Bonchev–Trinajstić information content (AvgIpc) is 2.73. The van der Waals surface area contributed by atoms with Gasteiger partial charge in [0.25, 0.3) is 5.91 Å². The number of hydrogen-bond acceptors (Lipinski definition) is 7. The maximum Gasteiger partial charge on any atom is 0.337 e. The molecule has 0 aliphatic heterocycles. The molecule has 1 aromatic heterocycles. The third-order valence-electron chi connectivity index (χ3n) is 3.97. The first-order valence-corrected chi connectivity index (χ1v) is 8.75. The molecule has 0 fully saturated rings.